The van der Waals surface area contributed by atoms with Gasteiger partial charge in [0.15, 0.2) is 0 Å². The summed E-state index contributed by atoms with van der Waals surface area (Å²) in [6.07, 6.45) is -2.30. The number of ether oxygens (including phenoxy) is 2. The number of alkyl carbamates (subject to hydrolysis) is 1. The molecule has 34 heavy (non-hydrogen) atoms. The van der Waals surface area contributed by atoms with Gasteiger partial charge in [0.05, 0.1) is 6.42 Å². The van der Waals surface area contributed by atoms with Gasteiger partial charge in [0.2, 0.25) is 5.91 Å². The Morgan fingerprint density at radius 3 is 2.12 bits per heavy atom. The Kier molecular flexibility index (Phi) is 10.0. The normalized spacial score (nSPS) is 13.7. The van der Waals surface area contributed by atoms with Crippen LogP contribution in [0, 0.1) is 0 Å². The number of hydrogen-bond donors (Lipinski definition) is 3. The van der Waals surface area contributed by atoms with Crippen molar-refractivity contribution >= 4 is 29.9 Å². The zero-order valence-electron chi connectivity index (χ0n) is 20.0. The number of aliphatic carboxylic acids is 2. The predicted octanol–water partition coefficient (Wildman–Crippen LogP) is 2.18. The second-order valence-corrected chi connectivity index (χ2v) is 8.93. The van der Waals surface area contributed by atoms with Gasteiger partial charge in [0.1, 0.15) is 23.8 Å². The van der Waals surface area contributed by atoms with Crippen molar-refractivity contribution in [3.8, 4) is 0 Å². The Morgan fingerprint density at radius 2 is 1.62 bits per heavy atom. The van der Waals surface area contributed by atoms with Crippen LogP contribution in [0.25, 0.3) is 0 Å². The van der Waals surface area contributed by atoms with Crippen LogP contribution in [0.15, 0.2) is 30.3 Å². The highest BCUT2D eigenvalue weighted by Gasteiger charge is 2.42. The summed E-state index contributed by atoms with van der Waals surface area (Å²) in [6.45, 7) is 5.99. The van der Waals surface area contributed by atoms with Crippen LogP contribution in [0.2, 0.25) is 0 Å². The molecule has 0 saturated heterocycles. The summed E-state index contributed by atoms with van der Waals surface area (Å²) in [5.41, 5.74) is -2.13. The Hall–Kier alpha value is -3.63. The second-order valence-electron chi connectivity index (χ2n) is 8.93. The molecule has 0 aliphatic carbocycles. The number of carbonyl (C=O) groups is 5. The highest BCUT2D eigenvalue weighted by atomic mass is 16.6. The molecular weight excluding hydrogens is 448 g/mol. The number of amides is 2. The zero-order chi connectivity index (χ0) is 26.1. The van der Waals surface area contributed by atoms with E-state index in [-0.39, 0.29) is 19.4 Å². The molecule has 1 rings (SSSR count). The van der Waals surface area contributed by atoms with Crippen LogP contribution in [0.3, 0.4) is 0 Å². The highest BCUT2D eigenvalue weighted by Crippen LogP contribution is 2.21. The number of benzene rings is 1. The van der Waals surface area contributed by atoms with E-state index in [1.165, 1.54) is 7.05 Å². The van der Waals surface area contributed by atoms with Crippen LogP contribution in [0.4, 0.5) is 4.79 Å². The predicted molar refractivity (Wildman–Crippen MR) is 120 cm³/mol. The van der Waals surface area contributed by atoms with Crippen LogP contribution in [0.1, 0.15) is 52.5 Å². The monoisotopic (exact) mass is 480 g/mol. The van der Waals surface area contributed by atoms with Gasteiger partial charge in [0.25, 0.3) is 0 Å². The van der Waals surface area contributed by atoms with Gasteiger partial charge in [0, 0.05) is 13.5 Å². The van der Waals surface area contributed by atoms with E-state index < -0.39 is 53.5 Å². The van der Waals surface area contributed by atoms with Gasteiger partial charge in [-0.15, -0.1) is 0 Å². The molecule has 0 fully saturated rings. The topological polar surface area (TPSA) is 160 Å². The summed E-state index contributed by atoms with van der Waals surface area (Å²) in [4.78, 5) is 61.1. The molecule has 1 aromatic carbocycles. The molecule has 188 valence electrons. The number of carboxylic acids is 2. The van der Waals surface area contributed by atoms with Crippen molar-refractivity contribution in [2.75, 3.05) is 7.05 Å². The summed E-state index contributed by atoms with van der Waals surface area (Å²) in [6, 6.07) is 7.61. The SMILES string of the molecule is CN(C(=O)CCC(NC(=O)OCc1ccccc1)C(=O)OC(C)(C)C)[C@](C)(CC(=O)O)C(=O)O. The third kappa shape index (κ3) is 9.08. The minimum Gasteiger partial charge on any atom is -0.481 e. The van der Waals surface area contributed by atoms with E-state index >= 15 is 0 Å². The van der Waals surface area contributed by atoms with Crippen LogP contribution >= 0.6 is 0 Å². The van der Waals surface area contributed by atoms with Gasteiger partial charge in [-0.2, -0.15) is 0 Å². The van der Waals surface area contributed by atoms with E-state index in [4.69, 9.17) is 14.6 Å². The number of carbonyl (C=O) groups excluding carboxylic acids is 3. The first kappa shape index (κ1) is 28.4. The van der Waals surface area contributed by atoms with E-state index in [1.54, 1.807) is 45.0 Å². The van der Waals surface area contributed by atoms with E-state index in [2.05, 4.69) is 5.32 Å². The van der Waals surface area contributed by atoms with E-state index in [1.807, 2.05) is 6.07 Å². The summed E-state index contributed by atoms with van der Waals surface area (Å²) in [7, 11) is 1.17. The summed E-state index contributed by atoms with van der Waals surface area (Å²) >= 11 is 0. The molecule has 0 radical (unpaired) electrons. The molecule has 0 aliphatic heterocycles. The molecule has 0 bridgehead atoms. The molecular formula is C23H32N2O9. The van der Waals surface area contributed by atoms with Crippen molar-refractivity contribution in [3.05, 3.63) is 35.9 Å². The van der Waals surface area contributed by atoms with Crippen LogP contribution < -0.4 is 5.32 Å². The van der Waals surface area contributed by atoms with Crippen molar-refractivity contribution in [2.24, 2.45) is 0 Å². The number of rotatable bonds is 11. The van der Waals surface area contributed by atoms with E-state index in [0.717, 1.165) is 17.4 Å². The standard InChI is InChI=1S/C23H32N2O9/c1-22(2,3)34-19(29)16(24-21(32)33-14-15-9-7-6-8-10-15)11-12-17(26)25(5)23(4,20(30)31)13-18(27)28/h6-10,16H,11-14H2,1-5H3,(H,24,32)(H,27,28)(H,30,31)/t16?,23-/m1/s1. The van der Waals surface area contributed by atoms with Crippen molar-refractivity contribution in [3.63, 3.8) is 0 Å². The van der Waals surface area contributed by atoms with Gasteiger partial charge in [-0.25, -0.2) is 14.4 Å². The van der Waals surface area contributed by atoms with Crippen LogP contribution in [-0.4, -0.2) is 69.3 Å². The maximum Gasteiger partial charge on any atom is 0.408 e. The summed E-state index contributed by atoms with van der Waals surface area (Å²) in [5, 5.41) is 20.9. The van der Waals surface area contributed by atoms with Gasteiger partial charge in [-0.3, -0.25) is 9.59 Å². The molecule has 0 heterocycles. The van der Waals surface area contributed by atoms with Crippen molar-refractivity contribution < 1.29 is 43.7 Å². The van der Waals surface area contributed by atoms with Crippen molar-refractivity contribution in [1.29, 1.82) is 0 Å². The number of nitrogens with zero attached hydrogens (tertiary/aromatic N) is 1. The maximum atomic E-state index is 12.7. The smallest absolute Gasteiger partial charge is 0.408 e. The highest BCUT2D eigenvalue weighted by molar-refractivity contribution is 5.90. The number of nitrogens with one attached hydrogen (secondary N) is 1. The lowest BCUT2D eigenvalue weighted by Gasteiger charge is -2.34. The first-order chi connectivity index (χ1) is 15.7. The fourth-order valence-electron chi connectivity index (χ4n) is 2.87. The molecule has 1 unspecified atom stereocenters. The molecule has 0 saturated carbocycles. The number of likely N-dealkylation sites (N-methyl/N-ethyl adjacent to an activating group) is 1. The molecule has 0 aromatic heterocycles. The zero-order valence-corrected chi connectivity index (χ0v) is 20.0. The van der Waals surface area contributed by atoms with E-state index in [9.17, 15) is 29.1 Å². The van der Waals surface area contributed by atoms with Crippen LogP contribution in [-0.2, 0) is 35.3 Å². The number of carboxylic acid groups (broad SMARTS) is 2. The first-order valence-electron chi connectivity index (χ1n) is 10.6. The van der Waals surface area contributed by atoms with Gasteiger partial charge in [-0.05, 0) is 39.7 Å². The molecule has 0 aliphatic rings. The lowest BCUT2D eigenvalue weighted by atomic mass is 9.95. The number of hydrogen-bond acceptors (Lipinski definition) is 7. The lowest BCUT2D eigenvalue weighted by Crippen LogP contribution is -2.54. The Bertz CT molecular complexity index is 895. The first-order valence-corrected chi connectivity index (χ1v) is 10.6. The summed E-state index contributed by atoms with van der Waals surface area (Å²) < 4.78 is 10.4. The third-order valence-electron chi connectivity index (χ3n) is 4.91. The molecule has 11 heteroatoms. The lowest BCUT2D eigenvalue weighted by molar-refractivity contribution is -0.161. The Labute approximate surface area is 198 Å². The van der Waals surface area contributed by atoms with E-state index in [0.29, 0.717) is 0 Å². The Morgan fingerprint density at radius 1 is 1.03 bits per heavy atom. The average molecular weight is 481 g/mol. The fraction of sp³-hybridized carbons (Fsp3) is 0.522. The minimum atomic E-state index is -1.99. The third-order valence-corrected chi connectivity index (χ3v) is 4.91. The van der Waals surface area contributed by atoms with Gasteiger partial charge >= 0.3 is 24.0 Å². The molecule has 0 spiro atoms. The van der Waals surface area contributed by atoms with Crippen molar-refractivity contribution in [1.82, 2.24) is 10.2 Å². The molecule has 2 amide bonds. The molecule has 3 N–H and O–H groups in total. The molecule has 1 aromatic rings. The average Bonchev–Trinajstić information content (AvgIpc) is 2.73. The molecule has 11 nitrogen and oxygen atoms in total. The largest absolute Gasteiger partial charge is 0.481 e. The van der Waals surface area contributed by atoms with Crippen molar-refractivity contribution in [2.45, 2.75) is 70.7 Å². The Balaban J connectivity index is 2.89. The molecule has 2 atom stereocenters. The minimum absolute atomic E-state index is 0.0401. The second kappa shape index (κ2) is 12.0. The maximum absolute atomic E-state index is 12.7. The van der Waals surface area contributed by atoms with Crippen LogP contribution in [0.5, 0.6) is 0 Å². The van der Waals surface area contributed by atoms with Gasteiger partial charge < -0.3 is 29.9 Å². The number of esters is 1. The summed E-state index contributed by atoms with van der Waals surface area (Å²) in [5.74, 6) is -4.40. The van der Waals surface area contributed by atoms with Gasteiger partial charge in [-0.1, -0.05) is 30.3 Å². The fourth-order valence-corrected chi connectivity index (χ4v) is 2.87. The quantitative estimate of drug-likeness (QED) is 0.403.